The molecule has 0 amide bonds. The Kier molecular flexibility index (Phi) is 6.32. The maximum atomic E-state index is 14.0. The zero-order chi connectivity index (χ0) is 18.4. The lowest BCUT2D eigenvalue weighted by atomic mass is 10.0. The Balaban J connectivity index is 1.48. The molecule has 26 heavy (non-hydrogen) atoms. The van der Waals surface area contributed by atoms with Crippen LogP contribution in [0, 0.1) is 5.82 Å². The average molecular weight is 353 g/mol. The molecule has 0 fully saturated rings. The second kappa shape index (κ2) is 8.88. The number of hydrogen-bond donors (Lipinski definition) is 0. The first-order chi connectivity index (χ1) is 12.7. The summed E-state index contributed by atoms with van der Waals surface area (Å²) in [5.74, 6) is 0.0920. The van der Waals surface area contributed by atoms with Gasteiger partial charge in [0.15, 0.2) is 11.6 Å². The van der Waals surface area contributed by atoms with E-state index in [9.17, 15) is 4.39 Å². The molecule has 3 aromatic rings. The third kappa shape index (κ3) is 4.27. The fraction of sp³-hybridized carbons (Fsp3) is 0.391. The molecule has 0 aliphatic heterocycles. The van der Waals surface area contributed by atoms with Crippen LogP contribution in [0.3, 0.4) is 0 Å². The van der Waals surface area contributed by atoms with E-state index in [4.69, 9.17) is 4.74 Å². The van der Waals surface area contributed by atoms with Crippen molar-refractivity contribution in [3.8, 4) is 5.75 Å². The number of nitrogens with zero attached hydrogens (tertiary/aromatic N) is 1. The van der Waals surface area contributed by atoms with Crippen LogP contribution in [-0.4, -0.2) is 11.7 Å². The molecule has 0 spiro atoms. The number of aryl methyl sites for hydroxylation is 3. The minimum Gasteiger partial charge on any atom is -0.493 e. The lowest BCUT2D eigenvalue weighted by molar-refractivity contribution is 0.391. The molecule has 2 nitrogen and oxygen atoms in total. The molecule has 0 unspecified atom stereocenters. The molecule has 0 radical (unpaired) electrons. The highest BCUT2D eigenvalue weighted by Gasteiger charge is 2.15. The van der Waals surface area contributed by atoms with E-state index in [1.165, 1.54) is 49.3 Å². The number of rotatable bonds is 9. The number of halogens is 1. The van der Waals surface area contributed by atoms with Crippen LogP contribution in [0.1, 0.15) is 43.2 Å². The van der Waals surface area contributed by atoms with Gasteiger partial charge < -0.3 is 9.30 Å². The predicted octanol–water partition coefficient (Wildman–Crippen LogP) is 6.06. The first kappa shape index (κ1) is 18.5. The zero-order valence-corrected chi connectivity index (χ0v) is 15.8. The molecule has 0 aliphatic rings. The van der Waals surface area contributed by atoms with E-state index < -0.39 is 0 Å². The largest absolute Gasteiger partial charge is 0.493 e. The summed E-state index contributed by atoms with van der Waals surface area (Å²) in [6.07, 6.45) is 10.4. The summed E-state index contributed by atoms with van der Waals surface area (Å²) in [7, 11) is 3.55. The molecule has 1 aromatic heterocycles. The van der Waals surface area contributed by atoms with Gasteiger partial charge in [-0.2, -0.15) is 0 Å². The number of fused-ring (bicyclic) bond motifs is 1. The van der Waals surface area contributed by atoms with Gasteiger partial charge in [0, 0.05) is 18.6 Å². The van der Waals surface area contributed by atoms with E-state index in [1.807, 2.05) is 13.1 Å². The van der Waals surface area contributed by atoms with Gasteiger partial charge in [-0.1, -0.05) is 49.6 Å². The van der Waals surface area contributed by atoms with Crippen molar-refractivity contribution in [1.29, 1.82) is 0 Å². The van der Waals surface area contributed by atoms with Crippen molar-refractivity contribution in [2.75, 3.05) is 7.11 Å². The summed E-state index contributed by atoms with van der Waals surface area (Å²) in [6.45, 7) is 0. The fourth-order valence-electron chi connectivity index (χ4n) is 3.73. The molecule has 0 saturated carbocycles. The third-order valence-corrected chi connectivity index (χ3v) is 5.10. The Bertz CT molecular complexity index is 838. The van der Waals surface area contributed by atoms with Crippen molar-refractivity contribution in [2.24, 2.45) is 7.05 Å². The molecular weight excluding hydrogens is 325 g/mol. The van der Waals surface area contributed by atoms with Gasteiger partial charge in [0.1, 0.15) is 0 Å². The second-order valence-corrected chi connectivity index (χ2v) is 6.99. The summed E-state index contributed by atoms with van der Waals surface area (Å²) < 4.78 is 21.4. The quantitative estimate of drug-likeness (QED) is 0.426. The van der Waals surface area contributed by atoms with Crippen molar-refractivity contribution >= 4 is 10.9 Å². The van der Waals surface area contributed by atoms with Crippen LogP contribution in [-0.2, 0) is 19.9 Å². The number of hydrogen-bond acceptors (Lipinski definition) is 1. The van der Waals surface area contributed by atoms with Gasteiger partial charge in [-0.05, 0) is 48.9 Å². The van der Waals surface area contributed by atoms with Gasteiger partial charge in [-0.15, -0.1) is 0 Å². The van der Waals surface area contributed by atoms with Gasteiger partial charge in [0.2, 0.25) is 0 Å². The van der Waals surface area contributed by atoms with E-state index in [1.54, 1.807) is 7.11 Å². The first-order valence-electron chi connectivity index (χ1n) is 9.55. The van der Waals surface area contributed by atoms with Crippen LogP contribution >= 0.6 is 0 Å². The molecule has 0 N–H and O–H groups in total. The molecule has 0 atom stereocenters. The van der Waals surface area contributed by atoms with Gasteiger partial charge in [-0.3, -0.25) is 0 Å². The van der Waals surface area contributed by atoms with Gasteiger partial charge in [-0.25, -0.2) is 4.39 Å². The van der Waals surface area contributed by atoms with Crippen LogP contribution in [0.15, 0.2) is 48.7 Å². The molecule has 138 valence electrons. The van der Waals surface area contributed by atoms with E-state index in [-0.39, 0.29) is 5.82 Å². The van der Waals surface area contributed by atoms with Crippen molar-refractivity contribution in [2.45, 2.75) is 44.9 Å². The van der Waals surface area contributed by atoms with Gasteiger partial charge >= 0.3 is 0 Å². The Labute approximate surface area is 155 Å². The monoisotopic (exact) mass is 353 g/mol. The Morgan fingerprint density at radius 3 is 2.31 bits per heavy atom. The van der Waals surface area contributed by atoms with E-state index in [0.717, 1.165) is 23.7 Å². The molecule has 1 heterocycles. The molecule has 3 rings (SSSR count). The summed E-state index contributed by atoms with van der Waals surface area (Å²) in [6, 6.07) is 14.0. The van der Waals surface area contributed by atoms with Crippen molar-refractivity contribution in [1.82, 2.24) is 4.57 Å². The Hall–Kier alpha value is -2.29. The first-order valence-corrected chi connectivity index (χ1v) is 9.55. The standard InChI is InChI=1S/C23H28FNO/c1-25-17-19(22-21(25)16-15-20(24)23(22)26-2)14-10-5-3-4-7-11-18-12-8-6-9-13-18/h6,8-9,12-13,15-17H,3-5,7,10-11,14H2,1-2H3. The topological polar surface area (TPSA) is 14.2 Å². The number of unbranched alkanes of at least 4 members (excludes halogenated alkanes) is 4. The van der Waals surface area contributed by atoms with Crippen LogP contribution < -0.4 is 4.74 Å². The van der Waals surface area contributed by atoms with Gasteiger partial charge in [0.05, 0.1) is 12.6 Å². The summed E-state index contributed by atoms with van der Waals surface area (Å²) in [5.41, 5.74) is 3.64. The maximum Gasteiger partial charge on any atom is 0.165 e. The average Bonchev–Trinajstić information content (AvgIpc) is 2.97. The molecule has 0 bridgehead atoms. The highest BCUT2D eigenvalue weighted by molar-refractivity contribution is 5.90. The predicted molar refractivity (Wildman–Crippen MR) is 106 cm³/mol. The maximum absolute atomic E-state index is 14.0. The summed E-state index contributed by atoms with van der Waals surface area (Å²) >= 11 is 0. The van der Waals surface area contributed by atoms with Gasteiger partial charge in [0.25, 0.3) is 0 Å². The number of methoxy groups -OCH3 is 1. The normalized spacial score (nSPS) is 11.2. The molecule has 0 saturated heterocycles. The molecular formula is C23H28FNO. The van der Waals surface area contributed by atoms with Crippen LogP contribution in [0.2, 0.25) is 0 Å². The van der Waals surface area contributed by atoms with E-state index in [0.29, 0.717) is 5.75 Å². The Morgan fingerprint density at radius 2 is 1.58 bits per heavy atom. The lowest BCUT2D eigenvalue weighted by Gasteiger charge is -2.07. The lowest BCUT2D eigenvalue weighted by Crippen LogP contribution is -1.92. The number of ether oxygens (including phenoxy) is 1. The van der Waals surface area contributed by atoms with Crippen LogP contribution in [0.4, 0.5) is 4.39 Å². The third-order valence-electron chi connectivity index (χ3n) is 5.10. The minimum atomic E-state index is -0.284. The van der Waals surface area contributed by atoms with Crippen molar-refractivity contribution < 1.29 is 9.13 Å². The summed E-state index contributed by atoms with van der Waals surface area (Å²) in [4.78, 5) is 0. The minimum absolute atomic E-state index is 0.284. The number of benzene rings is 2. The molecule has 0 aliphatic carbocycles. The molecule has 2 aromatic carbocycles. The highest BCUT2D eigenvalue weighted by Crippen LogP contribution is 2.33. The van der Waals surface area contributed by atoms with Crippen molar-refractivity contribution in [3.63, 3.8) is 0 Å². The number of aromatic nitrogens is 1. The second-order valence-electron chi connectivity index (χ2n) is 6.99. The SMILES string of the molecule is COc1c(F)ccc2c1c(CCCCCCCc1ccccc1)cn2C. The highest BCUT2D eigenvalue weighted by atomic mass is 19.1. The zero-order valence-electron chi connectivity index (χ0n) is 15.8. The smallest absolute Gasteiger partial charge is 0.165 e. The van der Waals surface area contributed by atoms with Crippen molar-refractivity contribution in [3.05, 3.63) is 65.6 Å². The van der Waals surface area contributed by atoms with E-state index >= 15 is 0 Å². The van der Waals surface area contributed by atoms with E-state index in [2.05, 4.69) is 41.1 Å². The molecule has 3 heteroatoms. The fourth-order valence-corrected chi connectivity index (χ4v) is 3.73. The summed E-state index contributed by atoms with van der Waals surface area (Å²) in [5, 5.41) is 0.930. The van der Waals surface area contributed by atoms with Crippen LogP contribution in [0.25, 0.3) is 10.9 Å². The van der Waals surface area contributed by atoms with Crippen LogP contribution in [0.5, 0.6) is 5.75 Å². The Morgan fingerprint density at radius 1 is 0.885 bits per heavy atom.